The third-order valence-electron chi connectivity index (χ3n) is 3.73. The van der Waals surface area contributed by atoms with Gasteiger partial charge in [-0.3, -0.25) is 0 Å². The Bertz CT molecular complexity index is 168. The highest BCUT2D eigenvalue weighted by atomic mass is 16.5. The lowest BCUT2D eigenvalue weighted by atomic mass is 9.91. The van der Waals surface area contributed by atoms with Gasteiger partial charge in [-0.25, -0.2) is 0 Å². The van der Waals surface area contributed by atoms with Gasteiger partial charge in [-0.1, -0.05) is 52.4 Å². The molecule has 0 aromatic heterocycles. The van der Waals surface area contributed by atoms with Gasteiger partial charge in [-0.15, -0.1) is 0 Å². The number of hydrogen-bond acceptors (Lipinski definition) is 2. The maximum Gasteiger partial charge on any atom is 0.123 e. The van der Waals surface area contributed by atoms with Gasteiger partial charge in [-0.2, -0.15) is 0 Å². The molecule has 0 N–H and O–H groups in total. The molecule has 2 saturated carbocycles. The molecule has 0 radical (unpaired) electrons. The molecule has 0 aromatic carbocycles. The average Bonchev–Trinajstić information content (AvgIpc) is 2.51. The number of aldehydes is 1. The maximum atomic E-state index is 10.2. The molecule has 0 heterocycles. The molecule has 108 valence electrons. The van der Waals surface area contributed by atoms with Crippen LogP contribution >= 0.6 is 0 Å². The van der Waals surface area contributed by atoms with E-state index in [2.05, 4.69) is 0 Å². The first-order valence-corrected chi connectivity index (χ1v) is 7.85. The van der Waals surface area contributed by atoms with E-state index in [1.165, 1.54) is 51.4 Å². The highest BCUT2D eigenvalue weighted by molar-refractivity contribution is 5.53. The van der Waals surface area contributed by atoms with E-state index in [0.717, 1.165) is 19.1 Å². The summed E-state index contributed by atoms with van der Waals surface area (Å²) in [6.07, 6.45) is 14.6. The third kappa shape index (κ3) is 8.68. The van der Waals surface area contributed by atoms with Crippen LogP contribution in [-0.2, 0) is 9.53 Å². The third-order valence-corrected chi connectivity index (χ3v) is 3.73. The van der Waals surface area contributed by atoms with Crippen molar-refractivity contribution < 1.29 is 9.53 Å². The minimum atomic E-state index is 0.406. The van der Waals surface area contributed by atoms with Crippen LogP contribution in [0.3, 0.4) is 0 Å². The Kier molecular flexibility index (Phi) is 12.8. The van der Waals surface area contributed by atoms with Gasteiger partial charge in [-0.05, 0) is 25.7 Å². The van der Waals surface area contributed by atoms with Crippen molar-refractivity contribution >= 4 is 6.29 Å². The van der Waals surface area contributed by atoms with Crippen LogP contribution in [-0.4, -0.2) is 19.5 Å². The lowest BCUT2D eigenvalue weighted by Gasteiger charge is -2.19. The Morgan fingerprint density at radius 3 is 1.56 bits per heavy atom. The molecule has 0 aromatic rings. The van der Waals surface area contributed by atoms with E-state index in [9.17, 15) is 4.79 Å². The standard InChI is InChI=1S/C7H14O.C7H12O.C2H6/c1-8-7-5-3-2-4-6-7;8-6-7-4-2-1-3-5-7;1-2/h7H,2-6H2,1H3;6-7H,1-5H2;1-2H3. The van der Waals surface area contributed by atoms with Gasteiger partial charge >= 0.3 is 0 Å². The zero-order chi connectivity index (χ0) is 13.6. The van der Waals surface area contributed by atoms with Crippen LogP contribution in [0.2, 0.25) is 0 Å². The number of ether oxygens (including phenoxy) is 1. The molecule has 0 bridgehead atoms. The number of methoxy groups -OCH3 is 1. The van der Waals surface area contributed by atoms with Crippen molar-refractivity contribution in [3.8, 4) is 0 Å². The minimum absolute atomic E-state index is 0.406. The number of rotatable bonds is 2. The monoisotopic (exact) mass is 256 g/mol. The zero-order valence-electron chi connectivity index (χ0n) is 12.6. The molecule has 18 heavy (non-hydrogen) atoms. The van der Waals surface area contributed by atoms with Crippen LogP contribution in [0.15, 0.2) is 0 Å². The Morgan fingerprint density at radius 1 is 0.833 bits per heavy atom. The van der Waals surface area contributed by atoms with Crippen molar-refractivity contribution in [2.45, 2.75) is 84.2 Å². The quantitative estimate of drug-likeness (QED) is 0.666. The predicted octanol–water partition coefficient (Wildman–Crippen LogP) is 4.76. The topological polar surface area (TPSA) is 26.3 Å². The number of carbonyl (C=O) groups excluding carboxylic acids is 1. The summed E-state index contributed by atoms with van der Waals surface area (Å²) < 4.78 is 5.19. The van der Waals surface area contributed by atoms with Gasteiger partial charge in [0.15, 0.2) is 0 Å². The summed E-state index contributed by atoms with van der Waals surface area (Å²) in [5.74, 6) is 0.406. The Labute approximate surface area is 113 Å². The second-order valence-corrected chi connectivity index (χ2v) is 5.03. The molecule has 2 heteroatoms. The smallest absolute Gasteiger partial charge is 0.123 e. The van der Waals surface area contributed by atoms with Gasteiger partial charge < -0.3 is 9.53 Å². The highest BCUT2D eigenvalue weighted by Crippen LogP contribution is 2.21. The fraction of sp³-hybridized carbons (Fsp3) is 0.938. The molecule has 2 nitrogen and oxygen atoms in total. The van der Waals surface area contributed by atoms with Crippen molar-refractivity contribution in [2.24, 2.45) is 5.92 Å². The molecular weight excluding hydrogens is 224 g/mol. The summed E-state index contributed by atoms with van der Waals surface area (Å²) >= 11 is 0. The van der Waals surface area contributed by atoms with Crippen LogP contribution in [0, 0.1) is 5.92 Å². The molecule has 0 amide bonds. The lowest BCUT2D eigenvalue weighted by molar-refractivity contribution is -0.111. The summed E-state index contributed by atoms with van der Waals surface area (Å²) in [4.78, 5) is 10.2. The highest BCUT2D eigenvalue weighted by Gasteiger charge is 2.11. The summed E-state index contributed by atoms with van der Waals surface area (Å²) in [6.45, 7) is 4.00. The Balaban J connectivity index is 0.000000283. The molecule has 0 spiro atoms. The van der Waals surface area contributed by atoms with E-state index in [1.807, 2.05) is 21.0 Å². The minimum Gasteiger partial charge on any atom is -0.381 e. The number of hydrogen-bond donors (Lipinski definition) is 0. The van der Waals surface area contributed by atoms with Gasteiger partial charge in [0, 0.05) is 13.0 Å². The summed E-state index contributed by atoms with van der Waals surface area (Å²) in [5, 5.41) is 0. The largest absolute Gasteiger partial charge is 0.381 e. The SMILES string of the molecule is CC.COC1CCCCC1.O=CC1CCCCC1. The van der Waals surface area contributed by atoms with Crippen LogP contribution in [0.1, 0.15) is 78.1 Å². The summed E-state index contributed by atoms with van der Waals surface area (Å²) in [7, 11) is 1.82. The Morgan fingerprint density at radius 2 is 1.28 bits per heavy atom. The van der Waals surface area contributed by atoms with E-state index in [-0.39, 0.29) is 0 Å². The van der Waals surface area contributed by atoms with Gasteiger partial charge in [0.25, 0.3) is 0 Å². The first-order chi connectivity index (χ1) is 8.86. The molecule has 0 aliphatic heterocycles. The van der Waals surface area contributed by atoms with E-state index >= 15 is 0 Å². The number of carbonyl (C=O) groups is 1. The first-order valence-electron chi connectivity index (χ1n) is 7.85. The van der Waals surface area contributed by atoms with Crippen LogP contribution in [0.25, 0.3) is 0 Å². The molecule has 0 saturated heterocycles. The lowest BCUT2D eigenvalue weighted by Crippen LogP contribution is -2.13. The molecule has 2 aliphatic rings. The summed E-state index contributed by atoms with van der Waals surface area (Å²) in [5.41, 5.74) is 0. The van der Waals surface area contributed by atoms with Gasteiger partial charge in [0.1, 0.15) is 6.29 Å². The van der Waals surface area contributed by atoms with Crippen molar-refractivity contribution in [3.63, 3.8) is 0 Å². The van der Waals surface area contributed by atoms with E-state index < -0.39 is 0 Å². The fourth-order valence-electron chi connectivity index (χ4n) is 2.57. The molecule has 2 fully saturated rings. The fourth-order valence-corrected chi connectivity index (χ4v) is 2.57. The molecule has 2 aliphatic carbocycles. The normalized spacial score (nSPS) is 21.1. The van der Waals surface area contributed by atoms with Crippen LogP contribution in [0.5, 0.6) is 0 Å². The van der Waals surface area contributed by atoms with Crippen LogP contribution in [0.4, 0.5) is 0 Å². The van der Waals surface area contributed by atoms with Crippen molar-refractivity contribution in [1.29, 1.82) is 0 Å². The molecule has 0 atom stereocenters. The van der Waals surface area contributed by atoms with E-state index in [4.69, 9.17) is 4.74 Å². The zero-order valence-corrected chi connectivity index (χ0v) is 12.6. The van der Waals surface area contributed by atoms with Crippen molar-refractivity contribution in [3.05, 3.63) is 0 Å². The maximum absolute atomic E-state index is 10.2. The summed E-state index contributed by atoms with van der Waals surface area (Å²) in [6, 6.07) is 0. The molecular formula is C16H32O2. The van der Waals surface area contributed by atoms with Crippen molar-refractivity contribution in [1.82, 2.24) is 0 Å². The second kappa shape index (κ2) is 13.1. The Hall–Kier alpha value is -0.370. The predicted molar refractivity (Wildman–Crippen MR) is 77.9 cm³/mol. The molecule has 2 rings (SSSR count). The second-order valence-electron chi connectivity index (χ2n) is 5.03. The molecule has 0 unspecified atom stereocenters. The van der Waals surface area contributed by atoms with E-state index in [0.29, 0.717) is 12.0 Å². The average molecular weight is 256 g/mol. The van der Waals surface area contributed by atoms with Crippen molar-refractivity contribution in [2.75, 3.05) is 7.11 Å². The van der Waals surface area contributed by atoms with Gasteiger partial charge in [0.05, 0.1) is 6.10 Å². The van der Waals surface area contributed by atoms with Gasteiger partial charge in [0.2, 0.25) is 0 Å². The first kappa shape index (κ1) is 17.6. The van der Waals surface area contributed by atoms with E-state index in [1.54, 1.807) is 0 Å². The van der Waals surface area contributed by atoms with Crippen LogP contribution < -0.4 is 0 Å².